The number of allylic oxidation sites excluding steroid dienone is 2. The largest absolute Gasteiger partial charge is 0.0622 e. The van der Waals surface area contributed by atoms with Gasteiger partial charge in [-0.1, -0.05) is 133 Å². The van der Waals surface area contributed by atoms with Crippen molar-refractivity contribution >= 4 is 33.1 Å². The molecule has 6 aromatic rings. The summed E-state index contributed by atoms with van der Waals surface area (Å²) < 4.78 is 0. The van der Waals surface area contributed by atoms with Crippen LogP contribution in [0.1, 0.15) is 33.4 Å². The second kappa shape index (κ2) is 8.30. The predicted molar refractivity (Wildman–Crippen MR) is 161 cm³/mol. The molecule has 0 radical (unpaired) electrons. The maximum absolute atomic E-state index is 2.37. The fourth-order valence-electron chi connectivity index (χ4n) is 6.32. The lowest BCUT2D eigenvalue weighted by molar-refractivity contribution is 1.52. The maximum Gasteiger partial charge on any atom is -0.000763 e. The van der Waals surface area contributed by atoms with Crippen molar-refractivity contribution < 1.29 is 0 Å². The molecule has 0 saturated heterocycles. The van der Waals surface area contributed by atoms with Crippen molar-refractivity contribution in [3.05, 3.63) is 179 Å². The van der Waals surface area contributed by atoms with Crippen LogP contribution >= 0.6 is 0 Å². The molecule has 2 aliphatic carbocycles. The van der Waals surface area contributed by atoms with Crippen LogP contribution in [0.4, 0.5) is 0 Å². The molecule has 176 valence electrons. The Morgan fingerprint density at radius 1 is 0.237 bits per heavy atom. The van der Waals surface area contributed by atoms with E-state index in [0.717, 1.165) is 0 Å². The monoisotopic (exact) mass is 480 g/mol. The van der Waals surface area contributed by atoms with Crippen LogP contribution in [0.3, 0.4) is 0 Å². The highest BCUT2D eigenvalue weighted by atomic mass is 14.4. The fraction of sp³-hybridized carbons (Fsp3) is 0. The summed E-state index contributed by atoms with van der Waals surface area (Å²) in [7, 11) is 0. The van der Waals surface area contributed by atoms with Crippen molar-refractivity contribution in [3.8, 4) is 11.1 Å². The minimum Gasteiger partial charge on any atom is -0.0622 e. The van der Waals surface area contributed by atoms with Gasteiger partial charge in [-0.05, 0) is 89.7 Å². The molecule has 0 unspecified atom stereocenters. The molecule has 2 aliphatic rings. The topological polar surface area (TPSA) is 0 Å². The molecule has 0 amide bonds. The molecule has 0 spiro atoms. The minimum atomic E-state index is 1.24. The van der Waals surface area contributed by atoms with Gasteiger partial charge in [-0.15, -0.1) is 0 Å². The van der Waals surface area contributed by atoms with Crippen LogP contribution in [-0.4, -0.2) is 0 Å². The van der Waals surface area contributed by atoms with E-state index in [2.05, 4.69) is 146 Å². The molecule has 38 heavy (non-hydrogen) atoms. The first-order chi connectivity index (χ1) is 18.9. The zero-order valence-corrected chi connectivity index (χ0v) is 20.9. The van der Waals surface area contributed by atoms with Crippen molar-refractivity contribution in [1.29, 1.82) is 0 Å². The Kier molecular flexibility index (Phi) is 4.62. The zero-order valence-electron chi connectivity index (χ0n) is 20.9. The van der Waals surface area contributed by atoms with E-state index >= 15 is 0 Å². The maximum atomic E-state index is 2.37. The minimum absolute atomic E-state index is 1.24. The van der Waals surface area contributed by atoms with E-state index in [1.807, 2.05) is 0 Å². The van der Waals surface area contributed by atoms with E-state index in [1.165, 1.54) is 77.6 Å². The molecular formula is C38H24. The molecule has 0 nitrogen and oxygen atoms in total. The highest BCUT2D eigenvalue weighted by Crippen LogP contribution is 2.58. The van der Waals surface area contributed by atoms with Gasteiger partial charge in [0.25, 0.3) is 0 Å². The van der Waals surface area contributed by atoms with E-state index in [1.54, 1.807) is 0 Å². The van der Waals surface area contributed by atoms with E-state index in [0.29, 0.717) is 0 Å². The summed E-state index contributed by atoms with van der Waals surface area (Å²) in [6.45, 7) is 0. The van der Waals surface area contributed by atoms with Gasteiger partial charge < -0.3 is 0 Å². The van der Waals surface area contributed by atoms with Gasteiger partial charge in [-0.2, -0.15) is 0 Å². The van der Waals surface area contributed by atoms with Gasteiger partial charge in [0.15, 0.2) is 0 Å². The van der Waals surface area contributed by atoms with Gasteiger partial charge in [0, 0.05) is 0 Å². The van der Waals surface area contributed by atoms with Gasteiger partial charge in [0.2, 0.25) is 0 Å². The van der Waals surface area contributed by atoms with Crippen molar-refractivity contribution in [2.45, 2.75) is 0 Å². The molecule has 0 atom stereocenters. The van der Waals surface area contributed by atoms with Crippen LogP contribution in [-0.2, 0) is 0 Å². The Balaban J connectivity index is 1.40. The first kappa shape index (κ1) is 21.2. The summed E-state index contributed by atoms with van der Waals surface area (Å²) in [6, 6.07) is 53.1. The van der Waals surface area contributed by atoms with Gasteiger partial charge in [0.1, 0.15) is 0 Å². The van der Waals surface area contributed by atoms with E-state index < -0.39 is 0 Å². The Labute approximate surface area is 222 Å². The predicted octanol–water partition coefficient (Wildman–Crippen LogP) is 9.75. The Morgan fingerprint density at radius 2 is 0.711 bits per heavy atom. The summed E-state index contributed by atoms with van der Waals surface area (Å²) >= 11 is 0. The number of hydrogen-bond acceptors (Lipinski definition) is 0. The first-order valence-electron chi connectivity index (χ1n) is 13.2. The van der Waals surface area contributed by atoms with Crippen LogP contribution in [0, 0.1) is 0 Å². The molecular weight excluding hydrogens is 456 g/mol. The molecule has 8 rings (SSSR count). The SMILES string of the molecule is c1ccc(C2=C3C(=C(c4cccc(-c5ccc6ccccc6c5)c4)c4ccccc43)c3ccccc32)cc1. The lowest BCUT2D eigenvalue weighted by atomic mass is 9.91. The van der Waals surface area contributed by atoms with Gasteiger partial charge in [0.05, 0.1) is 0 Å². The Bertz CT molecular complexity index is 1950. The molecule has 0 fully saturated rings. The third-order valence-corrected chi connectivity index (χ3v) is 7.98. The van der Waals surface area contributed by atoms with Gasteiger partial charge >= 0.3 is 0 Å². The number of rotatable bonds is 3. The summed E-state index contributed by atoms with van der Waals surface area (Å²) in [5, 5.41) is 2.54. The molecule has 0 aliphatic heterocycles. The van der Waals surface area contributed by atoms with Crippen molar-refractivity contribution in [2.24, 2.45) is 0 Å². The normalized spacial score (nSPS) is 13.6. The zero-order chi connectivity index (χ0) is 25.1. The van der Waals surface area contributed by atoms with Gasteiger partial charge in [-0.3, -0.25) is 0 Å². The summed E-state index contributed by atoms with van der Waals surface area (Å²) in [4.78, 5) is 0. The first-order valence-corrected chi connectivity index (χ1v) is 13.2. The summed E-state index contributed by atoms with van der Waals surface area (Å²) in [5.41, 5.74) is 15.7. The fourth-order valence-corrected chi connectivity index (χ4v) is 6.32. The standard InChI is InChI=1S/C38H24/c1-2-12-26(13-3-1)35-31-17-6-8-19-33(31)38-36(32-18-7-9-20-34(32)37(35)38)30-16-10-15-28(24-30)29-22-21-25-11-4-5-14-27(25)23-29/h1-24H. The smallest absolute Gasteiger partial charge is 0.000763 e. The van der Waals surface area contributed by atoms with Crippen LogP contribution in [0.15, 0.2) is 146 Å². The summed E-state index contributed by atoms with van der Waals surface area (Å²) in [5.74, 6) is 0. The number of fused-ring (bicyclic) bond motifs is 6. The molecule has 6 aromatic carbocycles. The third-order valence-electron chi connectivity index (χ3n) is 7.98. The average Bonchev–Trinajstić information content (AvgIpc) is 3.50. The van der Waals surface area contributed by atoms with E-state index in [4.69, 9.17) is 0 Å². The van der Waals surface area contributed by atoms with Crippen molar-refractivity contribution in [2.75, 3.05) is 0 Å². The van der Waals surface area contributed by atoms with Gasteiger partial charge in [-0.25, -0.2) is 0 Å². The van der Waals surface area contributed by atoms with E-state index in [9.17, 15) is 0 Å². The van der Waals surface area contributed by atoms with Crippen LogP contribution in [0.2, 0.25) is 0 Å². The third kappa shape index (κ3) is 3.11. The van der Waals surface area contributed by atoms with Crippen LogP contribution < -0.4 is 0 Å². The van der Waals surface area contributed by atoms with E-state index in [-0.39, 0.29) is 0 Å². The molecule has 0 heteroatoms. The molecule has 0 N–H and O–H groups in total. The quantitative estimate of drug-likeness (QED) is 0.236. The lowest BCUT2D eigenvalue weighted by Gasteiger charge is -2.13. The molecule has 0 aromatic heterocycles. The molecule has 0 bridgehead atoms. The summed E-state index contributed by atoms with van der Waals surface area (Å²) in [6.07, 6.45) is 0. The lowest BCUT2D eigenvalue weighted by Crippen LogP contribution is -1.92. The molecule has 0 heterocycles. The van der Waals surface area contributed by atoms with Crippen LogP contribution in [0.25, 0.3) is 44.2 Å². The van der Waals surface area contributed by atoms with Crippen LogP contribution in [0.5, 0.6) is 0 Å². The van der Waals surface area contributed by atoms with Crippen molar-refractivity contribution in [1.82, 2.24) is 0 Å². The molecule has 0 saturated carbocycles. The second-order valence-electron chi connectivity index (χ2n) is 10.1. The highest BCUT2D eigenvalue weighted by molar-refractivity contribution is 6.35. The highest BCUT2D eigenvalue weighted by Gasteiger charge is 2.37. The van der Waals surface area contributed by atoms with Crippen molar-refractivity contribution in [3.63, 3.8) is 0 Å². The average molecular weight is 481 g/mol. The second-order valence-corrected chi connectivity index (χ2v) is 10.1. The Morgan fingerprint density at radius 3 is 1.39 bits per heavy atom. The Hall–Kier alpha value is -4.94. The number of benzene rings is 6. The number of hydrogen-bond donors (Lipinski definition) is 0.